The van der Waals surface area contributed by atoms with Crippen LogP contribution in [-0.4, -0.2) is 81.8 Å². The summed E-state index contributed by atoms with van der Waals surface area (Å²) in [6, 6.07) is 2.16. The number of aromatic nitrogens is 1. The van der Waals surface area contributed by atoms with Crippen molar-refractivity contribution in [2.45, 2.75) is 56.3 Å². The average molecular weight is 578 g/mol. The fraction of sp³-hybridized carbons (Fsp3) is 0.440. The Labute approximate surface area is 234 Å². The molecule has 40 heavy (non-hydrogen) atoms. The number of carboxylic acids is 1. The van der Waals surface area contributed by atoms with Crippen LogP contribution < -0.4 is 33.2 Å². The van der Waals surface area contributed by atoms with Crippen LogP contribution in [0.2, 0.25) is 0 Å². The molecule has 0 fully saturated rings. The number of benzene rings is 1. The zero-order chi connectivity index (χ0) is 29.8. The number of H-pyrrole nitrogens is 1. The molecule has 0 saturated carbocycles. The topological polar surface area (TPSA) is 253 Å². The van der Waals surface area contributed by atoms with E-state index in [1.807, 2.05) is 30.5 Å². The van der Waals surface area contributed by atoms with Crippen LogP contribution in [0, 0.1) is 0 Å². The molecule has 2 rings (SSSR count). The number of fused-ring (bicyclic) bond motifs is 1. The number of carbonyl (C=O) groups excluding carboxylic acids is 5. The molecule has 1 aromatic heterocycles. The first kappa shape index (κ1) is 32.1. The van der Waals surface area contributed by atoms with Gasteiger partial charge in [0.05, 0.1) is 12.5 Å². The minimum Gasteiger partial charge on any atom is -0.480 e. The summed E-state index contributed by atoms with van der Waals surface area (Å²) in [7, 11) is 0. The van der Waals surface area contributed by atoms with Crippen LogP contribution in [0.3, 0.4) is 0 Å². The lowest BCUT2D eigenvalue weighted by molar-refractivity contribution is -0.142. The number of hydrogen-bond donors (Lipinski definition) is 8. The molecule has 0 bridgehead atoms. The highest BCUT2D eigenvalue weighted by Gasteiger charge is 2.32. The van der Waals surface area contributed by atoms with Gasteiger partial charge in [-0.05, 0) is 36.5 Å². The normalized spacial score (nSPS) is 13.9. The molecular weight excluding hydrogens is 542 g/mol. The monoisotopic (exact) mass is 577 g/mol. The van der Waals surface area contributed by atoms with Crippen LogP contribution in [-0.2, 0) is 35.2 Å². The van der Waals surface area contributed by atoms with Gasteiger partial charge in [-0.2, -0.15) is 11.8 Å². The largest absolute Gasteiger partial charge is 0.480 e. The Hall–Kier alpha value is -4.11. The third-order valence-electron chi connectivity index (χ3n) is 6.03. The molecule has 0 aliphatic rings. The molecule has 14 nitrogen and oxygen atoms in total. The minimum atomic E-state index is -1.56. The lowest BCUT2D eigenvalue weighted by Gasteiger charge is -2.24. The van der Waals surface area contributed by atoms with E-state index in [0.717, 1.165) is 10.9 Å². The highest BCUT2D eigenvalue weighted by atomic mass is 32.2. The number of nitrogens with one attached hydrogen (secondary N) is 4. The Balaban J connectivity index is 2.28. The molecule has 5 amide bonds. The molecule has 1 heterocycles. The van der Waals surface area contributed by atoms with Gasteiger partial charge >= 0.3 is 5.97 Å². The Morgan fingerprint density at radius 1 is 0.900 bits per heavy atom. The van der Waals surface area contributed by atoms with Crippen LogP contribution in [0.25, 0.3) is 10.9 Å². The van der Waals surface area contributed by atoms with Crippen molar-refractivity contribution in [3.8, 4) is 0 Å². The fourth-order valence-electron chi connectivity index (χ4n) is 3.88. The molecule has 0 saturated heterocycles. The van der Waals surface area contributed by atoms with Crippen LogP contribution in [0.15, 0.2) is 30.5 Å². The van der Waals surface area contributed by atoms with E-state index < -0.39 is 66.1 Å². The molecule has 0 aliphatic heterocycles. The standard InChI is InChI=1S/C25H35N7O7S/c1-40-9-8-15(26)22(35)31-18(10-13-12-29-16-5-3-2-4-14(13)16)23(36)32-19(11-21(28)34)24(37)30-17(25(38)39)6-7-20(27)33/h2-5,12,15,17-19,29H,6-11,26H2,1H3,(H2,27,33)(H2,28,34)(H,30,37)(H,31,35)(H,32,36)(H,38,39). The van der Waals surface area contributed by atoms with E-state index in [2.05, 4.69) is 20.9 Å². The van der Waals surface area contributed by atoms with Crippen molar-refractivity contribution in [3.05, 3.63) is 36.0 Å². The van der Waals surface area contributed by atoms with Gasteiger partial charge in [0.25, 0.3) is 0 Å². The second-order valence-corrected chi connectivity index (χ2v) is 10.1. The van der Waals surface area contributed by atoms with Crippen molar-refractivity contribution in [1.29, 1.82) is 0 Å². The van der Waals surface area contributed by atoms with Gasteiger partial charge in [0.15, 0.2) is 0 Å². The SMILES string of the molecule is CSCCC(N)C(=O)NC(Cc1c[nH]c2ccccc12)C(=O)NC(CC(N)=O)C(=O)NC(CCC(N)=O)C(=O)O. The number of thioether (sulfide) groups is 1. The van der Waals surface area contributed by atoms with Gasteiger partial charge in [-0.15, -0.1) is 0 Å². The van der Waals surface area contributed by atoms with E-state index in [1.165, 1.54) is 11.8 Å². The third-order valence-corrected chi connectivity index (χ3v) is 6.68. The highest BCUT2D eigenvalue weighted by molar-refractivity contribution is 7.98. The van der Waals surface area contributed by atoms with Gasteiger partial charge in [0.2, 0.25) is 29.5 Å². The van der Waals surface area contributed by atoms with E-state index in [4.69, 9.17) is 17.2 Å². The lowest BCUT2D eigenvalue weighted by atomic mass is 10.0. The van der Waals surface area contributed by atoms with Crippen molar-refractivity contribution in [2.24, 2.45) is 17.2 Å². The van der Waals surface area contributed by atoms with Gasteiger partial charge in [-0.3, -0.25) is 24.0 Å². The maximum absolute atomic E-state index is 13.4. The number of carbonyl (C=O) groups is 6. The zero-order valence-corrected chi connectivity index (χ0v) is 22.8. The molecule has 15 heteroatoms. The Kier molecular flexibility index (Phi) is 12.4. The van der Waals surface area contributed by atoms with Crippen molar-refractivity contribution in [2.75, 3.05) is 12.0 Å². The van der Waals surface area contributed by atoms with E-state index in [1.54, 1.807) is 6.20 Å². The first-order valence-electron chi connectivity index (χ1n) is 12.4. The number of aromatic amines is 1. The predicted molar refractivity (Wildman–Crippen MR) is 149 cm³/mol. The fourth-order valence-corrected chi connectivity index (χ4v) is 4.37. The number of para-hydroxylation sites is 1. The lowest BCUT2D eigenvalue weighted by Crippen LogP contribution is -2.58. The van der Waals surface area contributed by atoms with Crippen molar-refractivity contribution < 1.29 is 33.9 Å². The number of rotatable bonds is 17. The van der Waals surface area contributed by atoms with Gasteiger partial charge in [-0.25, -0.2) is 4.79 Å². The van der Waals surface area contributed by atoms with Crippen LogP contribution in [0.1, 0.15) is 31.2 Å². The third kappa shape index (κ3) is 9.89. The quantitative estimate of drug-likeness (QED) is 0.108. The van der Waals surface area contributed by atoms with Crippen molar-refractivity contribution in [3.63, 3.8) is 0 Å². The number of hydrogen-bond acceptors (Lipinski definition) is 8. The summed E-state index contributed by atoms with van der Waals surface area (Å²) in [6.45, 7) is 0. The van der Waals surface area contributed by atoms with E-state index in [-0.39, 0.29) is 19.3 Å². The summed E-state index contributed by atoms with van der Waals surface area (Å²) in [4.78, 5) is 76.5. The summed E-state index contributed by atoms with van der Waals surface area (Å²) in [5.74, 6) is -4.95. The molecule has 218 valence electrons. The summed E-state index contributed by atoms with van der Waals surface area (Å²) < 4.78 is 0. The Morgan fingerprint density at radius 2 is 1.52 bits per heavy atom. The Morgan fingerprint density at radius 3 is 2.15 bits per heavy atom. The number of nitrogens with two attached hydrogens (primary N) is 3. The number of primary amides is 2. The first-order chi connectivity index (χ1) is 18.9. The number of carboxylic acid groups (broad SMARTS) is 1. The second kappa shape index (κ2) is 15.5. The van der Waals surface area contributed by atoms with Gasteiger partial charge in [0.1, 0.15) is 18.1 Å². The molecule has 0 radical (unpaired) electrons. The maximum Gasteiger partial charge on any atom is 0.326 e. The van der Waals surface area contributed by atoms with Gasteiger partial charge in [-0.1, -0.05) is 18.2 Å². The van der Waals surface area contributed by atoms with Gasteiger partial charge in [0, 0.05) is 29.9 Å². The predicted octanol–water partition coefficient (Wildman–Crippen LogP) is -1.53. The van der Waals surface area contributed by atoms with E-state index in [0.29, 0.717) is 17.7 Å². The number of amides is 5. The highest BCUT2D eigenvalue weighted by Crippen LogP contribution is 2.19. The molecule has 1 aromatic carbocycles. The maximum atomic E-state index is 13.4. The van der Waals surface area contributed by atoms with Crippen molar-refractivity contribution >= 4 is 58.2 Å². The zero-order valence-electron chi connectivity index (χ0n) is 22.0. The van der Waals surface area contributed by atoms with Crippen molar-refractivity contribution in [1.82, 2.24) is 20.9 Å². The Bertz CT molecular complexity index is 1240. The summed E-state index contributed by atoms with van der Waals surface area (Å²) in [5.41, 5.74) is 17.8. The van der Waals surface area contributed by atoms with E-state index in [9.17, 15) is 33.9 Å². The van der Waals surface area contributed by atoms with Crippen LogP contribution in [0.4, 0.5) is 0 Å². The summed E-state index contributed by atoms with van der Waals surface area (Å²) >= 11 is 1.51. The molecule has 11 N–H and O–H groups in total. The molecular formula is C25H35N7O7S. The molecule has 4 unspecified atom stereocenters. The molecule has 4 atom stereocenters. The molecule has 0 spiro atoms. The van der Waals surface area contributed by atoms with Crippen LogP contribution in [0.5, 0.6) is 0 Å². The first-order valence-corrected chi connectivity index (χ1v) is 13.8. The number of aliphatic carboxylic acids is 1. The summed E-state index contributed by atoms with van der Waals surface area (Å²) in [5, 5.41) is 17.4. The van der Waals surface area contributed by atoms with Gasteiger partial charge < -0.3 is 43.2 Å². The second-order valence-electron chi connectivity index (χ2n) is 9.15. The molecule has 0 aliphatic carbocycles. The average Bonchev–Trinajstić information content (AvgIpc) is 3.30. The summed E-state index contributed by atoms with van der Waals surface area (Å²) in [6.07, 6.45) is 2.65. The minimum absolute atomic E-state index is 0.0120. The smallest absolute Gasteiger partial charge is 0.326 e. The van der Waals surface area contributed by atoms with Crippen LogP contribution >= 0.6 is 11.8 Å². The van der Waals surface area contributed by atoms with E-state index >= 15 is 0 Å². The molecule has 2 aromatic rings.